The first-order valence-electron chi connectivity index (χ1n) is 8.26. The summed E-state index contributed by atoms with van der Waals surface area (Å²) in [6.45, 7) is 2.05. The maximum absolute atomic E-state index is 6.56. The molecule has 0 saturated heterocycles. The van der Waals surface area contributed by atoms with E-state index in [1.165, 1.54) is 0 Å². The van der Waals surface area contributed by atoms with Crippen LogP contribution < -0.4 is 5.73 Å². The second kappa shape index (κ2) is 6.34. The molecule has 0 saturated carbocycles. The van der Waals surface area contributed by atoms with Crippen LogP contribution in [0.15, 0.2) is 60.7 Å². The van der Waals surface area contributed by atoms with E-state index >= 15 is 0 Å². The zero-order valence-corrected chi connectivity index (χ0v) is 14.7. The number of pyridine rings is 2. The summed E-state index contributed by atoms with van der Waals surface area (Å²) in [6, 6.07) is 20.3. The maximum atomic E-state index is 6.56. The molecule has 124 valence electrons. The Labute approximate surface area is 151 Å². The van der Waals surface area contributed by atoms with E-state index in [1.54, 1.807) is 0 Å². The molecule has 0 fully saturated rings. The van der Waals surface area contributed by atoms with Crippen molar-refractivity contribution in [3.63, 3.8) is 0 Å². The van der Waals surface area contributed by atoms with E-state index in [-0.39, 0.29) is 5.38 Å². The number of anilines is 1. The highest BCUT2D eigenvalue weighted by Gasteiger charge is 2.12. The summed E-state index contributed by atoms with van der Waals surface area (Å²) >= 11 is 6.56. The van der Waals surface area contributed by atoms with Crippen LogP contribution in [0, 0.1) is 6.92 Å². The van der Waals surface area contributed by atoms with Gasteiger partial charge in [0.2, 0.25) is 0 Å². The van der Waals surface area contributed by atoms with E-state index in [4.69, 9.17) is 22.3 Å². The predicted octanol–water partition coefficient (Wildman–Crippen LogP) is 5.20. The Hall–Kier alpha value is -2.65. The fourth-order valence-corrected chi connectivity index (χ4v) is 3.44. The first kappa shape index (κ1) is 15.9. The van der Waals surface area contributed by atoms with Gasteiger partial charge in [0.05, 0.1) is 10.9 Å². The van der Waals surface area contributed by atoms with Crippen LogP contribution >= 0.6 is 11.6 Å². The number of halogens is 1. The van der Waals surface area contributed by atoms with Crippen LogP contribution in [0.5, 0.6) is 0 Å². The molecule has 4 rings (SSSR count). The Morgan fingerprint density at radius 1 is 0.960 bits per heavy atom. The number of benzene rings is 2. The summed E-state index contributed by atoms with van der Waals surface area (Å²) in [6.07, 6.45) is 0.646. The summed E-state index contributed by atoms with van der Waals surface area (Å²) in [5.74, 6) is 0.459. The summed E-state index contributed by atoms with van der Waals surface area (Å²) in [5.41, 5.74) is 11.0. The molecule has 0 aliphatic rings. The van der Waals surface area contributed by atoms with Crippen molar-refractivity contribution in [3.05, 3.63) is 77.5 Å². The van der Waals surface area contributed by atoms with Gasteiger partial charge in [-0.05, 0) is 30.2 Å². The molecule has 4 heteroatoms. The highest BCUT2D eigenvalue weighted by atomic mass is 35.5. The summed E-state index contributed by atoms with van der Waals surface area (Å²) in [5, 5.41) is 1.97. The molecule has 1 unspecified atom stereocenters. The van der Waals surface area contributed by atoms with Crippen LogP contribution in [0.1, 0.15) is 22.2 Å². The number of rotatable bonds is 3. The average molecular weight is 348 g/mol. The van der Waals surface area contributed by atoms with Gasteiger partial charge in [-0.25, -0.2) is 9.97 Å². The number of hydrogen-bond donors (Lipinski definition) is 1. The lowest BCUT2D eigenvalue weighted by molar-refractivity contribution is 0.888. The lowest BCUT2D eigenvalue weighted by atomic mass is 10.0. The summed E-state index contributed by atoms with van der Waals surface area (Å²) in [4.78, 5) is 9.27. The van der Waals surface area contributed by atoms with E-state index in [0.717, 1.165) is 38.6 Å². The van der Waals surface area contributed by atoms with Crippen molar-refractivity contribution in [1.29, 1.82) is 0 Å². The standard InChI is InChI=1S/C21H18ClN3/c1-13-7-9-16-17-10-8-15(12-18(22)14-5-3-2-4-6-14)24-20(17)21(23)25-19(16)11-13/h2-11,18H,12H2,1H3,(H2,23,25). The predicted molar refractivity (Wildman–Crippen MR) is 105 cm³/mol. The first-order valence-corrected chi connectivity index (χ1v) is 8.70. The fourth-order valence-electron chi connectivity index (χ4n) is 3.13. The third-order valence-electron chi connectivity index (χ3n) is 4.43. The molecular weight excluding hydrogens is 330 g/mol. The zero-order valence-electron chi connectivity index (χ0n) is 13.9. The number of aromatic nitrogens is 2. The molecule has 0 spiro atoms. The van der Waals surface area contributed by atoms with E-state index in [9.17, 15) is 0 Å². The van der Waals surface area contributed by atoms with Gasteiger partial charge in [-0.3, -0.25) is 0 Å². The second-order valence-corrected chi connectivity index (χ2v) is 6.83. The quantitative estimate of drug-likeness (QED) is 0.409. The summed E-state index contributed by atoms with van der Waals surface area (Å²) in [7, 11) is 0. The SMILES string of the molecule is Cc1ccc2c(c1)nc(N)c1nc(CC(Cl)c3ccccc3)ccc12. The van der Waals surface area contributed by atoms with Crippen LogP contribution in [0.3, 0.4) is 0 Å². The summed E-state index contributed by atoms with van der Waals surface area (Å²) < 4.78 is 0. The minimum absolute atomic E-state index is 0.122. The van der Waals surface area contributed by atoms with Crippen molar-refractivity contribution in [2.75, 3.05) is 5.73 Å². The molecule has 25 heavy (non-hydrogen) atoms. The third-order valence-corrected chi connectivity index (χ3v) is 4.84. The average Bonchev–Trinajstić information content (AvgIpc) is 2.62. The Morgan fingerprint density at radius 3 is 2.52 bits per heavy atom. The lowest BCUT2D eigenvalue weighted by Crippen LogP contribution is -2.01. The number of nitrogens with zero attached hydrogens (tertiary/aromatic N) is 2. The van der Waals surface area contributed by atoms with Crippen LogP contribution in [0.2, 0.25) is 0 Å². The normalized spacial score (nSPS) is 12.6. The van der Waals surface area contributed by atoms with Crippen LogP contribution in [-0.4, -0.2) is 9.97 Å². The van der Waals surface area contributed by atoms with Crippen LogP contribution in [0.4, 0.5) is 5.82 Å². The third kappa shape index (κ3) is 3.03. The molecule has 2 N–H and O–H groups in total. The van der Waals surface area contributed by atoms with Gasteiger partial charge in [-0.1, -0.05) is 48.5 Å². The van der Waals surface area contributed by atoms with Gasteiger partial charge < -0.3 is 5.73 Å². The largest absolute Gasteiger partial charge is 0.382 e. The number of nitrogens with two attached hydrogens (primary N) is 1. The van der Waals surface area contributed by atoms with Gasteiger partial charge in [0, 0.05) is 22.9 Å². The van der Waals surface area contributed by atoms with Gasteiger partial charge in [0.1, 0.15) is 5.52 Å². The highest BCUT2D eigenvalue weighted by Crippen LogP contribution is 2.29. The zero-order chi connectivity index (χ0) is 17.4. The number of aryl methyl sites for hydroxylation is 1. The topological polar surface area (TPSA) is 51.8 Å². The number of alkyl halides is 1. The first-order chi connectivity index (χ1) is 12.1. The van der Waals surface area contributed by atoms with Gasteiger partial charge in [0.25, 0.3) is 0 Å². The fraction of sp³-hybridized carbons (Fsp3) is 0.143. The molecule has 2 aromatic heterocycles. The Kier molecular flexibility index (Phi) is 4.02. The molecule has 3 nitrogen and oxygen atoms in total. The van der Waals surface area contributed by atoms with Gasteiger partial charge >= 0.3 is 0 Å². The molecule has 0 aliphatic carbocycles. The molecule has 4 aromatic rings. The molecule has 2 heterocycles. The molecular formula is C21H18ClN3. The molecule has 0 radical (unpaired) electrons. The maximum Gasteiger partial charge on any atom is 0.150 e. The minimum Gasteiger partial charge on any atom is -0.382 e. The molecule has 2 aromatic carbocycles. The smallest absolute Gasteiger partial charge is 0.150 e. The number of nitrogen functional groups attached to an aromatic ring is 1. The minimum atomic E-state index is -0.122. The van der Waals surface area contributed by atoms with Crippen molar-refractivity contribution >= 4 is 39.2 Å². The lowest BCUT2D eigenvalue weighted by Gasteiger charge is -2.11. The van der Waals surface area contributed by atoms with Crippen molar-refractivity contribution in [2.45, 2.75) is 18.7 Å². The van der Waals surface area contributed by atoms with Crippen LogP contribution in [-0.2, 0) is 6.42 Å². The van der Waals surface area contributed by atoms with Gasteiger partial charge in [-0.15, -0.1) is 11.6 Å². The molecule has 0 aliphatic heterocycles. The van der Waals surface area contributed by atoms with E-state index in [0.29, 0.717) is 12.2 Å². The monoisotopic (exact) mass is 347 g/mol. The van der Waals surface area contributed by atoms with Crippen molar-refractivity contribution < 1.29 is 0 Å². The molecule has 1 atom stereocenters. The Bertz CT molecular complexity index is 1060. The van der Waals surface area contributed by atoms with Gasteiger partial charge in [0.15, 0.2) is 5.82 Å². The van der Waals surface area contributed by atoms with E-state index < -0.39 is 0 Å². The Balaban J connectivity index is 1.76. The van der Waals surface area contributed by atoms with Crippen LogP contribution in [0.25, 0.3) is 21.8 Å². The van der Waals surface area contributed by atoms with Crippen molar-refractivity contribution in [2.24, 2.45) is 0 Å². The molecule has 0 bridgehead atoms. The van der Waals surface area contributed by atoms with Crippen molar-refractivity contribution in [3.8, 4) is 0 Å². The molecule has 0 amide bonds. The van der Waals surface area contributed by atoms with Gasteiger partial charge in [-0.2, -0.15) is 0 Å². The Morgan fingerprint density at radius 2 is 1.72 bits per heavy atom. The second-order valence-electron chi connectivity index (χ2n) is 6.30. The van der Waals surface area contributed by atoms with Crippen molar-refractivity contribution in [1.82, 2.24) is 9.97 Å². The van der Waals surface area contributed by atoms with E-state index in [2.05, 4.69) is 23.2 Å². The number of hydrogen-bond acceptors (Lipinski definition) is 3. The highest BCUT2D eigenvalue weighted by molar-refractivity contribution is 6.21. The van der Waals surface area contributed by atoms with E-state index in [1.807, 2.05) is 49.4 Å². The number of fused-ring (bicyclic) bond motifs is 3.